The van der Waals surface area contributed by atoms with Gasteiger partial charge in [0.15, 0.2) is 11.6 Å². The summed E-state index contributed by atoms with van der Waals surface area (Å²) in [5.74, 6) is -0.925. The van der Waals surface area contributed by atoms with Gasteiger partial charge in [-0.1, -0.05) is 35.3 Å². The summed E-state index contributed by atoms with van der Waals surface area (Å²) in [6, 6.07) is 7.42. The van der Waals surface area contributed by atoms with Crippen LogP contribution in [0.3, 0.4) is 0 Å². The molecule has 0 saturated carbocycles. The van der Waals surface area contributed by atoms with Gasteiger partial charge >= 0.3 is 6.01 Å². The lowest BCUT2D eigenvalue weighted by atomic mass is 10.2. The van der Waals surface area contributed by atoms with E-state index in [1.807, 2.05) is 0 Å². The molecule has 0 saturated heterocycles. The Kier molecular flexibility index (Phi) is 5.41. The normalized spacial score (nSPS) is 10.7. The number of benzene rings is 1. The summed E-state index contributed by atoms with van der Waals surface area (Å²) in [7, 11) is 0. The number of hydrogen-bond acceptors (Lipinski definition) is 5. The number of carbonyl (C=O) groups excluding carboxylic acids is 1. The zero-order chi connectivity index (χ0) is 18.8. The molecule has 1 amide bonds. The first-order valence-corrected chi connectivity index (χ1v) is 8.96. The second-order valence-electron chi connectivity index (χ2n) is 5.28. The lowest BCUT2D eigenvalue weighted by molar-refractivity contribution is 0.102. The van der Waals surface area contributed by atoms with E-state index in [0.717, 1.165) is 11.3 Å². The molecule has 0 spiro atoms. The molecule has 0 aliphatic carbocycles. The van der Waals surface area contributed by atoms with E-state index in [-0.39, 0.29) is 17.3 Å². The molecule has 0 fully saturated rings. The minimum Gasteiger partial charge on any atom is -0.421 e. The molecule has 3 rings (SSSR count). The largest absolute Gasteiger partial charge is 0.421 e. The number of anilines is 1. The van der Waals surface area contributed by atoms with E-state index in [1.54, 1.807) is 26.0 Å². The molecule has 1 aromatic carbocycles. The Morgan fingerprint density at radius 2 is 1.85 bits per heavy atom. The fourth-order valence-electron chi connectivity index (χ4n) is 2.21. The maximum atomic E-state index is 13.7. The Labute approximate surface area is 162 Å². The van der Waals surface area contributed by atoms with Crippen molar-refractivity contribution in [3.05, 3.63) is 61.8 Å². The minimum atomic E-state index is -0.521. The standard InChI is InChI=1S/C17H12Cl2FN3O2S/c1-8-14(23-16(24)10-7-13(18)26-15(10)19)9(2)22-17(21-8)25-12-6-4-3-5-11(12)20/h3-7H,1-2H3,(H,23,24). The molecule has 0 bridgehead atoms. The number of aryl methyl sites for hydroxylation is 2. The van der Waals surface area contributed by atoms with Crippen molar-refractivity contribution in [1.82, 2.24) is 9.97 Å². The Morgan fingerprint density at radius 1 is 1.19 bits per heavy atom. The van der Waals surface area contributed by atoms with Gasteiger partial charge < -0.3 is 10.1 Å². The molecule has 2 aromatic heterocycles. The number of ether oxygens (including phenoxy) is 1. The maximum absolute atomic E-state index is 13.7. The molecule has 26 heavy (non-hydrogen) atoms. The van der Waals surface area contributed by atoms with Crippen molar-refractivity contribution < 1.29 is 13.9 Å². The summed E-state index contributed by atoms with van der Waals surface area (Å²) in [6.45, 7) is 3.36. The van der Waals surface area contributed by atoms with Crippen LogP contribution >= 0.6 is 34.5 Å². The van der Waals surface area contributed by atoms with Crippen LogP contribution in [0.2, 0.25) is 8.67 Å². The van der Waals surface area contributed by atoms with Crippen molar-refractivity contribution in [2.75, 3.05) is 5.32 Å². The quantitative estimate of drug-likeness (QED) is 0.602. The van der Waals surface area contributed by atoms with Crippen LogP contribution in [0.15, 0.2) is 30.3 Å². The van der Waals surface area contributed by atoms with Crippen LogP contribution in [0, 0.1) is 19.7 Å². The fraction of sp³-hybridized carbons (Fsp3) is 0.118. The number of thiophene rings is 1. The van der Waals surface area contributed by atoms with E-state index in [1.165, 1.54) is 18.2 Å². The number of nitrogens with one attached hydrogen (secondary N) is 1. The molecular weight excluding hydrogens is 400 g/mol. The van der Waals surface area contributed by atoms with Crippen molar-refractivity contribution >= 4 is 46.1 Å². The Morgan fingerprint density at radius 3 is 2.42 bits per heavy atom. The predicted octanol–water partition coefficient (Wildman–Crippen LogP) is 5.65. The molecule has 0 aliphatic rings. The van der Waals surface area contributed by atoms with Crippen molar-refractivity contribution in [2.45, 2.75) is 13.8 Å². The van der Waals surface area contributed by atoms with Gasteiger partial charge in [-0.15, -0.1) is 11.3 Å². The van der Waals surface area contributed by atoms with Gasteiger partial charge in [-0.2, -0.15) is 9.97 Å². The Hall–Kier alpha value is -2.22. The van der Waals surface area contributed by atoms with Crippen molar-refractivity contribution in [3.8, 4) is 11.8 Å². The number of rotatable bonds is 4. The van der Waals surface area contributed by atoms with Crippen LogP contribution in [-0.2, 0) is 0 Å². The second kappa shape index (κ2) is 7.57. The van der Waals surface area contributed by atoms with E-state index < -0.39 is 11.7 Å². The van der Waals surface area contributed by atoms with E-state index in [9.17, 15) is 9.18 Å². The van der Waals surface area contributed by atoms with Crippen LogP contribution in [0.1, 0.15) is 21.7 Å². The fourth-order valence-corrected chi connectivity index (χ4v) is 3.67. The van der Waals surface area contributed by atoms with Gasteiger partial charge in [-0.05, 0) is 32.0 Å². The predicted molar refractivity (Wildman–Crippen MR) is 100 cm³/mol. The average Bonchev–Trinajstić information content (AvgIpc) is 2.91. The summed E-state index contributed by atoms with van der Waals surface area (Å²) in [6.07, 6.45) is 0. The summed E-state index contributed by atoms with van der Waals surface area (Å²) >= 11 is 13.0. The van der Waals surface area contributed by atoms with Gasteiger partial charge in [-0.3, -0.25) is 4.79 Å². The lowest BCUT2D eigenvalue weighted by Crippen LogP contribution is -2.15. The topological polar surface area (TPSA) is 64.1 Å². The highest BCUT2D eigenvalue weighted by Crippen LogP contribution is 2.32. The second-order valence-corrected chi connectivity index (χ2v) is 7.56. The number of para-hydroxylation sites is 1. The van der Waals surface area contributed by atoms with Crippen molar-refractivity contribution in [1.29, 1.82) is 0 Å². The third-order valence-corrected chi connectivity index (χ3v) is 4.92. The summed E-state index contributed by atoms with van der Waals surface area (Å²) < 4.78 is 19.8. The number of hydrogen-bond donors (Lipinski definition) is 1. The van der Waals surface area contributed by atoms with E-state index in [0.29, 0.717) is 25.7 Å². The number of aromatic nitrogens is 2. The maximum Gasteiger partial charge on any atom is 0.322 e. The lowest BCUT2D eigenvalue weighted by Gasteiger charge is -2.12. The SMILES string of the molecule is Cc1nc(Oc2ccccc2F)nc(C)c1NC(=O)c1cc(Cl)sc1Cl. The number of carbonyl (C=O) groups is 1. The van der Waals surface area contributed by atoms with Gasteiger partial charge in [0.1, 0.15) is 4.34 Å². The van der Waals surface area contributed by atoms with Gasteiger partial charge in [0.25, 0.3) is 5.91 Å². The monoisotopic (exact) mass is 411 g/mol. The molecule has 9 heteroatoms. The first-order valence-electron chi connectivity index (χ1n) is 7.39. The molecule has 3 aromatic rings. The highest BCUT2D eigenvalue weighted by Gasteiger charge is 2.18. The first kappa shape index (κ1) is 18.6. The highest BCUT2D eigenvalue weighted by molar-refractivity contribution is 7.20. The molecule has 134 valence electrons. The van der Waals surface area contributed by atoms with Crippen molar-refractivity contribution in [2.24, 2.45) is 0 Å². The van der Waals surface area contributed by atoms with Gasteiger partial charge in [0, 0.05) is 0 Å². The molecule has 1 N–H and O–H groups in total. The third-order valence-electron chi connectivity index (χ3n) is 3.43. The van der Waals surface area contributed by atoms with Gasteiger partial charge in [-0.25, -0.2) is 4.39 Å². The van der Waals surface area contributed by atoms with E-state index >= 15 is 0 Å². The minimum absolute atomic E-state index is 0.0142. The first-order chi connectivity index (χ1) is 12.3. The van der Waals surface area contributed by atoms with Crippen LogP contribution in [-0.4, -0.2) is 15.9 Å². The van der Waals surface area contributed by atoms with Crippen LogP contribution in [0.5, 0.6) is 11.8 Å². The van der Waals surface area contributed by atoms with Crippen LogP contribution < -0.4 is 10.1 Å². The molecule has 0 atom stereocenters. The molecular formula is C17H12Cl2FN3O2S. The molecule has 0 unspecified atom stereocenters. The zero-order valence-corrected chi connectivity index (χ0v) is 16.0. The highest BCUT2D eigenvalue weighted by atomic mass is 35.5. The van der Waals surface area contributed by atoms with Gasteiger partial charge in [0.05, 0.1) is 27.0 Å². The summed E-state index contributed by atoms with van der Waals surface area (Å²) in [5, 5.41) is 2.72. The number of halogens is 3. The van der Waals surface area contributed by atoms with E-state index in [4.69, 9.17) is 27.9 Å². The van der Waals surface area contributed by atoms with Crippen molar-refractivity contribution in [3.63, 3.8) is 0 Å². The Balaban J connectivity index is 1.85. The van der Waals surface area contributed by atoms with Crippen LogP contribution in [0.25, 0.3) is 0 Å². The summed E-state index contributed by atoms with van der Waals surface area (Å²) in [5.41, 5.74) is 1.63. The van der Waals surface area contributed by atoms with E-state index in [2.05, 4.69) is 15.3 Å². The molecule has 0 aliphatic heterocycles. The van der Waals surface area contributed by atoms with Crippen LogP contribution in [0.4, 0.5) is 10.1 Å². The number of nitrogens with zero attached hydrogens (tertiary/aromatic N) is 2. The smallest absolute Gasteiger partial charge is 0.322 e. The Bertz CT molecular complexity index is 971. The summed E-state index contributed by atoms with van der Waals surface area (Å²) in [4.78, 5) is 20.7. The third kappa shape index (κ3) is 3.95. The average molecular weight is 412 g/mol. The molecule has 0 radical (unpaired) electrons. The zero-order valence-electron chi connectivity index (χ0n) is 13.6. The van der Waals surface area contributed by atoms with Gasteiger partial charge in [0.2, 0.25) is 0 Å². The molecule has 2 heterocycles. The molecule has 5 nitrogen and oxygen atoms in total. The number of amides is 1.